The highest BCUT2D eigenvalue weighted by atomic mass is 32.2. The molecule has 1 atom stereocenters. The lowest BCUT2D eigenvalue weighted by molar-refractivity contribution is -0.676. The highest BCUT2D eigenvalue weighted by Gasteiger charge is 2.24. The molecular formula is C13H16NO2S2+. The van der Waals surface area contributed by atoms with E-state index >= 15 is 0 Å². The van der Waals surface area contributed by atoms with Gasteiger partial charge in [0.05, 0.1) is 6.61 Å². The molecule has 1 aromatic heterocycles. The van der Waals surface area contributed by atoms with Crippen LogP contribution in [0.1, 0.15) is 13.8 Å². The zero-order chi connectivity index (χ0) is 13.1. The van der Waals surface area contributed by atoms with Crippen LogP contribution in [-0.2, 0) is 16.6 Å². The van der Waals surface area contributed by atoms with E-state index in [1.54, 1.807) is 23.1 Å². The summed E-state index contributed by atoms with van der Waals surface area (Å²) in [6.45, 7) is 4.14. The first-order valence-corrected chi connectivity index (χ1v) is 7.54. The third kappa shape index (κ3) is 2.67. The highest BCUT2D eigenvalue weighted by molar-refractivity contribution is 8.02. The Hall–Kier alpha value is -1.07. The fraction of sp³-hybridized carbons (Fsp3) is 0.385. The Morgan fingerprint density at radius 2 is 2.22 bits per heavy atom. The molecule has 2 rings (SSSR count). The van der Waals surface area contributed by atoms with Crippen molar-refractivity contribution in [3.05, 3.63) is 24.3 Å². The van der Waals surface area contributed by atoms with Gasteiger partial charge in [0.15, 0.2) is 0 Å². The SMILES string of the molecule is CCOC(=O)C(C)Sc1sc2ccccc2[n+]1C. The van der Waals surface area contributed by atoms with Crippen molar-refractivity contribution < 1.29 is 14.1 Å². The summed E-state index contributed by atoms with van der Waals surface area (Å²) < 4.78 is 9.51. The van der Waals surface area contributed by atoms with Crippen LogP contribution >= 0.6 is 23.1 Å². The number of aryl methyl sites for hydroxylation is 1. The van der Waals surface area contributed by atoms with E-state index in [9.17, 15) is 4.79 Å². The van der Waals surface area contributed by atoms with Crippen LogP contribution in [0.25, 0.3) is 10.2 Å². The molecule has 0 N–H and O–H groups in total. The molecule has 0 fully saturated rings. The van der Waals surface area contributed by atoms with Gasteiger partial charge in [-0.15, -0.1) is 0 Å². The first-order chi connectivity index (χ1) is 8.63. The van der Waals surface area contributed by atoms with Crippen molar-refractivity contribution in [1.29, 1.82) is 0 Å². The number of ether oxygens (including phenoxy) is 1. The second-order valence-electron chi connectivity index (χ2n) is 3.91. The standard InChI is InChI=1S/C13H16NO2S2/c1-4-16-12(15)9(2)17-13-14(3)10-7-5-6-8-11(10)18-13/h5-9H,4H2,1-3H3/q+1. The Morgan fingerprint density at radius 3 is 2.89 bits per heavy atom. The summed E-state index contributed by atoms with van der Waals surface area (Å²) >= 11 is 3.26. The van der Waals surface area contributed by atoms with Crippen molar-refractivity contribution in [2.75, 3.05) is 6.61 Å². The van der Waals surface area contributed by atoms with Crippen LogP contribution in [0.2, 0.25) is 0 Å². The number of benzene rings is 1. The van der Waals surface area contributed by atoms with E-state index in [1.165, 1.54) is 10.2 Å². The molecule has 1 unspecified atom stereocenters. The van der Waals surface area contributed by atoms with Crippen molar-refractivity contribution in [1.82, 2.24) is 0 Å². The molecule has 0 saturated heterocycles. The van der Waals surface area contributed by atoms with E-state index in [2.05, 4.69) is 16.7 Å². The average Bonchev–Trinajstić information content (AvgIpc) is 2.67. The number of hydrogen-bond acceptors (Lipinski definition) is 4. The fourth-order valence-electron chi connectivity index (χ4n) is 1.64. The van der Waals surface area contributed by atoms with Crippen LogP contribution in [-0.4, -0.2) is 17.8 Å². The lowest BCUT2D eigenvalue weighted by Crippen LogP contribution is -2.29. The molecular weight excluding hydrogens is 266 g/mol. The van der Waals surface area contributed by atoms with Gasteiger partial charge in [0.2, 0.25) is 5.52 Å². The summed E-state index contributed by atoms with van der Waals surface area (Å²) in [4.78, 5) is 11.6. The number of esters is 1. The zero-order valence-corrected chi connectivity index (χ0v) is 12.3. The predicted molar refractivity (Wildman–Crippen MR) is 75.0 cm³/mol. The lowest BCUT2D eigenvalue weighted by Gasteiger charge is -2.06. The number of hydrogen-bond donors (Lipinski definition) is 0. The smallest absolute Gasteiger partial charge is 0.319 e. The van der Waals surface area contributed by atoms with Crippen LogP contribution < -0.4 is 4.57 Å². The van der Waals surface area contributed by atoms with Gasteiger partial charge < -0.3 is 4.74 Å². The first kappa shape index (κ1) is 13.4. The minimum Gasteiger partial charge on any atom is -0.465 e. The monoisotopic (exact) mass is 282 g/mol. The minimum atomic E-state index is -0.177. The quantitative estimate of drug-likeness (QED) is 0.491. The van der Waals surface area contributed by atoms with Gasteiger partial charge >= 0.3 is 5.97 Å². The Morgan fingerprint density at radius 1 is 1.50 bits per heavy atom. The van der Waals surface area contributed by atoms with Gasteiger partial charge in [0.1, 0.15) is 17.0 Å². The fourth-order valence-corrected chi connectivity index (χ4v) is 4.14. The molecule has 0 aliphatic carbocycles. The highest BCUT2D eigenvalue weighted by Crippen LogP contribution is 2.30. The summed E-state index contributed by atoms with van der Waals surface area (Å²) in [6.07, 6.45) is 0. The van der Waals surface area contributed by atoms with Crippen molar-refractivity contribution in [2.24, 2.45) is 7.05 Å². The van der Waals surface area contributed by atoms with Gasteiger partial charge in [-0.2, -0.15) is 4.57 Å². The molecule has 18 heavy (non-hydrogen) atoms. The molecule has 2 aromatic rings. The molecule has 0 saturated carbocycles. The molecule has 1 heterocycles. The van der Waals surface area contributed by atoms with Crippen molar-refractivity contribution in [3.8, 4) is 0 Å². The molecule has 5 heteroatoms. The van der Waals surface area contributed by atoms with E-state index in [4.69, 9.17) is 4.74 Å². The Balaban J connectivity index is 2.21. The number of fused-ring (bicyclic) bond motifs is 1. The van der Waals surface area contributed by atoms with Crippen molar-refractivity contribution >= 4 is 39.3 Å². The van der Waals surface area contributed by atoms with E-state index < -0.39 is 0 Å². The third-order valence-electron chi connectivity index (χ3n) is 2.59. The number of rotatable bonds is 4. The van der Waals surface area contributed by atoms with E-state index in [0.717, 1.165) is 4.34 Å². The number of aromatic nitrogens is 1. The van der Waals surface area contributed by atoms with Gasteiger partial charge in [-0.25, -0.2) is 0 Å². The number of thiazole rings is 1. The van der Waals surface area contributed by atoms with Gasteiger partial charge in [-0.05, 0) is 31.7 Å². The summed E-state index contributed by atoms with van der Waals surface area (Å²) in [6, 6.07) is 8.24. The molecule has 0 aliphatic rings. The second kappa shape index (κ2) is 5.71. The minimum absolute atomic E-state index is 0.153. The molecule has 0 spiro atoms. The summed E-state index contributed by atoms with van der Waals surface area (Å²) in [7, 11) is 2.03. The van der Waals surface area contributed by atoms with Crippen LogP contribution in [0.3, 0.4) is 0 Å². The zero-order valence-electron chi connectivity index (χ0n) is 10.7. The van der Waals surface area contributed by atoms with E-state index in [0.29, 0.717) is 6.61 Å². The maximum Gasteiger partial charge on any atom is 0.319 e. The largest absolute Gasteiger partial charge is 0.465 e. The number of para-hydroxylation sites is 1. The van der Waals surface area contributed by atoms with Gasteiger partial charge in [-0.1, -0.05) is 23.5 Å². The summed E-state index contributed by atoms with van der Waals surface area (Å²) in [5.74, 6) is -0.153. The van der Waals surface area contributed by atoms with Gasteiger partial charge in [-0.3, -0.25) is 4.79 Å². The number of carbonyl (C=O) groups is 1. The van der Waals surface area contributed by atoms with Gasteiger partial charge in [0.25, 0.3) is 4.34 Å². The maximum absolute atomic E-state index is 11.6. The first-order valence-electron chi connectivity index (χ1n) is 5.84. The Bertz CT molecular complexity index is 565. The summed E-state index contributed by atoms with van der Waals surface area (Å²) in [5.41, 5.74) is 1.20. The normalized spacial score (nSPS) is 12.6. The van der Waals surface area contributed by atoms with Crippen LogP contribution in [0.4, 0.5) is 0 Å². The predicted octanol–water partition coefficient (Wildman–Crippen LogP) is 2.77. The van der Waals surface area contributed by atoms with Crippen LogP contribution in [0.15, 0.2) is 28.6 Å². The second-order valence-corrected chi connectivity index (χ2v) is 6.53. The van der Waals surface area contributed by atoms with E-state index in [1.807, 2.05) is 33.0 Å². The molecule has 0 amide bonds. The summed E-state index contributed by atoms with van der Waals surface area (Å²) in [5, 5.41) is -0.177. The molecule has 3 nitrogen and oxygen atoms in total. The number of thioether (sulfide) groups is 1. The molecule has 96 valence electrons. The molecule has 0 bridgehead atoms. The molecule has 0 aliphatic heterocycles. The lowest BCUT2D eigenvalue weighted by atomic mass is 10.3. The molecule has 1 aromatic carbocycles. The van der Waals surface area contributed by atoms with E-state index in [-0.39, 0.29) is 11.2 Å². The Kier molecular flexibility index (Phi) is 4.24. The van der Waals surface area contributed by atoms with Crippen molar-refractivity contribution in [2.45, 2.75) is 23.4 Å². The number of nitrogens with zero attached hydrogens (tertiary/aromatic N) is 1. The Labute approximate surface area is 115 Å². The molecule has 0 radical (unpaired) electrons. The average molecular weight is 282 g/mol. The van der Waals surface area contributed by atoms with Gasteiger partial charge in [0, 0.05) is 6.07 Å². The maximum atomic E-state index is 11.6. The van der Waals surface area contributed by atoms with Crippen molar-refractivity contribution in [3.63, 3.8) is 0 Å². The third-order valence-corrected chi connectivity index (χ3v) is 5.17. The topological polar surface area (TPSA) is 30.2 Å². The number of carbonyl (C=O) groups excluding carboxylic acids is 1. The van der Waals surface area contributed by atoms with Crippen LogP contribution in [0, 0.1) is 0 Å². The van der Waals surface area contributed by atoms with Crippen LogP contribution in [0.5, 0.6) is 0 Å².